The molecule has 0 aromatic heterocycles. The van der Waals surface area contributed by atoms with E-state index in [-0.39, 0.29) is 24.1 Å². The third kappa shape index (κ3) is 5.37. The second-order valence-electron chi connectivity index (χ2n) is 7.66. The summed E-state index contributed by atoms with van der Waals surface area (Å²) in [4.78, 5) is 28.1. The Morgan fingerprint density at radius 1 is 1.04 bits per heavy atom. The van der Waals surface area contributed by atoms with Gasteiger partial charge in [-0.05, 0) is 53.4 Å². The SMILES string of the molecule is CC(NC1CCN(C(=O)OC(C)(C)C)CC1)C(=O)N1CCCC1. The van der Waals surface area contributed by atoms with Gasteiger partial charge in [-0.15, -0.1) is 0 Å². The predicted molar refractivity (Wildman–Crippen MR) is 89.2 cm³/mol. The van der Waals surface area contributed by atoms with Gasteiger partial charge in [0.1, 0.15) is 5.60 Å². The van der Waals surface area contributed by atoms with Gasteiger partial charge in [0.25, 0.3) is 0 Å². The van der Waals surface area contributed by atoms with E-state index >= 15 is 0 Å². The number of carbonyl (C=O) groups is 2. The lowest BCUT2D eigenvalue weighted by atomic mass is 10.0. The molecule has 0 saturated carbocycles. The number of nitrogens with one attached hydrogen (secondary N) is 1. The Morgan fingerprint density at radius 3 is 2.13 bits per heavy atom. The van der Waals surface area contributed by atoms with Gasteiger partial charge in [0.2, 0.25) is 5.91 Å². The van der Waals surface area contributed by atoms with Gasteiger partial charge in [-0.3, -0.25) is 4.79 Å². The van der Waals surface area contributed by atoms with E-state index in [9.17, 15) is 9.59 Å². The summed E-state index contributed by atoms with van der Waals surface area (Å²) in [7, 11) is 0. The summed E-state index contributed by atoms with van der Waals surface area (Å²) in [6, 6.07) is 0.140. The molecule has 2 heterocycles. The zero-order valence-corrected chi connectivity index (χ0v) is 14.9. The summed E-state index contributed by atoms with van der Waals surface area (Å²) in [6.07, 6.45) is 3.71. The van der Waals surface area contributed by atoms with Crippen molar-refractivity contribution in [1.29, 1.82) is 0 Å². The van der Waals surface area contributed by atoms with Crippen LogP contribution in [0, 0.1) is 0 Å². The number of likely N-dealkylation sites (tertiary alicyclic amines) is 2. The van der Waals surface area contributed by atoms with E-state index in [4.69, 9.17) is 4.74 Å². The van der Waals surface area contributed by atoms with E-state index in [0.717, 1.165) is 38.8 Å². The van der Waals surface area contributed by atoms with Crippen LogP contribution in [0.15, 0.2) is 0 Å². The number of hydrogen-bond donors (Lipinski definition) is 1. The molecule has 6 nitrogen and oxygen atoms in total. The fourth-order valence-electron chi connectivity index (χ4n) is 3.19. The Hall–Kier alpha value is -1.30. The van der Waals surface area contributed by atoms with Crippen molar-refractivity contribution >= 4 is 12.0 Å². The molecule has 6 heteroatoms. The number of hydrogen-bond acceptors (Lipinski definition) is 4. The standard InChI is InChI=1S/C17H31N3O3/c1-13(15(21)19-9-5-6-10-19)18-14-7-11-20(12-8-14)16(22)23-17(2,3)4/h13-14,18H,5-12H2,1-4H3. The zero-order chi connectivity index (χ0) is 17.0. The van der Waals surface area contributed by atoms with E-state index in [1.54, 1.807) is 4.90 Å². The topological polar surface area (TPSA) is 61.9 Å². The van der Waals surface area contributed by atoms with Crippen molar-refractivity contribution < 1.29 is 14.3 Å². The van der Waals surface area contributed by atoms with Gasteiger partial charge in [-0.1, -0.05) is 0 Å². The molecule has 0 aromatic rings. The van der Waals surface area contributed by atoms with Crippen LogP contribution in [-0.4, -0.2) is 65.7 Å². The highest BCUT2D eigenvalue weighted by molar-refractivity contribution is 5.81. The molecule has 1 N–H and O–H groups in total. The fraction of sp³-hybridized carbons (Fsp3) is 0.882. The smallest absolute Gasteiger partial charge is 0.410 e. The summed E-state index contributed by atoms with van der Waals surface area (Å²) in [5.41, 5.74) is -0.456. The van der Waals surface area contributed by atoms with Crippen molar-refractivity contribution in [2.24, 2.45) is 0 Å². The molecule has 0 spiro atoms. The van der Waals surface area contributed by atoms with Crippen molar-refractivity contribution in [1.82, 2.24) is 15.1 Å². The molecule has 1 unspecified atom stereocenters. The first-order valence-electron chi connectivity index (χ1n) is 8.79. The molecule has 2 fully saturated rings. The van der Waals surface area contributed by atoms with Crippen LogP contribution in [0.3, 0.4) is 0 Å². The summed E-state index contributed by atoms with van der Waals surface area (Å²) < 4.78 is 5.41. The number of rotatable bonds is 3. The van der Waals surface area contributed by atoms with Crippen molar-refractivity contribution in [3.05, 3.63) is 0 Å². The Morgan fingerprint density at radius 2 is 1.61 bits per heavy atom. The molecule has 0 radical (unpaired) electrons. The number of piperidine rings is 1. The first-order chi connectivity index (χ1) is 10.8. The summed E-state index contributed by atoms with van der Waals surface area (Å²) in [5.74, 6) is 0.206. The molecule has 2 aliphatic heterocycles. The summed E-state index contributed by atoms with van der Waals surface area (Å²) in [6.45, 7) is 10.7. The highest BCUT2D eigenvalue weighted by atomic mass is 16.6. The molecule has 2 aliphatic rings. The molecule has 1 atom stereocenters. The minimum atomic E-state index is -0.456. The van der Waals surface area contributed by atoms with Gasteiger partial charge in [0.05, 0.1) is 6.04 Å². The highest BCUT2D eigenvalue weighted by Gasteiger charge is 2.29. The third-order valence-corrected chi connectivity index (χ3v) is 4.42. The lowest BCUT2D eigenvalue weighted by Crippen LogP contribution is -2.52. The molecule has 2 amide bonds. The monoisotopic (exact) mass is 325 g/mol. The maximum absolute atomic E-state index is 12.3. The normalized spacial score (nSPS) is 21.4. The van der Waals surface area contributed by atoms with Crippen molar-refractivity contribution in [2.75, 3.05) is 26.2 Å². The zero-order valence-electron chi connectivity index (χ0n) is 14.9. The van der Waals surface area contributed by atoms with Crippen LogP contribution in [-0.2, 0) is 9.53 Å². The van der Waals surface area contributed by atoms with Crippen molar-refractivity contribution in [3.63, 3.8) is 0 Å². The van der Waals surface area contributed by atoms with E-state index < -0.39 is 5.60 Å². The van der Waals surface area contributed by atoms with Crippen LogP contribution in [0.4, 0.5) is 4.79 Å². The molecule has 0 aromatic carbocycles. The van der Waals surface area contributed by atoms with E-state index in [2.05, 4.69) is 5.32 Å². The van der Waals surface area contributed by atoms with Gasteiger partial charge in [-0.2, -0.15) is 0 Å². The van der Waals surface area contributed by atoms with Crippen LogP contribution in [0.5, 0.6) is 0 Å². The second-order valence-corrected chi connectivity index (χ2v) is 7.66. The van der Waals surface area contributed by atoms with Crippen molar-refractivity contribution in [2.45, 2.75) is 71.1 Å². The number of amides is 2. The molecular formula is C17H31N3O3. The largest absolute Gasteiger partial charge is 0.444 e. The van der Waals surface area contributed by atoms with Gasteiger partial charge in [0.15, 0.2) is 0 Å². The van der Waals surface area contributed by atoms with Crippen LogP contribution < -0.4 is 5.32 Å². The Kier molecular flexibility index (Phi) is 5.89. The summed E-state index contributed by atoms with van der Waals surface area (Å²) in [5, 5.41) is 3.43. The molecule has 132 valence electrons. The molecule has 2 saturated heterocycles. The minimum absolute atomic E-state index is 0.147. The van der Waals surface area contributed by atoms with Gasteiger partial charge >= 0.3 is 6.09 Å². The average Bonchev–Trinajstić information content (AvgIpc) is 2.99. The van der Waals surface area contributed by atoms with Crippen molar-refractivity contribution in [3.8, 4) is 0 Å². The molecule has 0 aliphatic carbocycles. The third-order valence-electron chi connectivity index (χ3n) is 4.42. The number of nitrogens with zero attached hydrogens (tertiary/aromatic N) is 2. The molecule has 0 bridgehead atoms. The second kappa shape index (κ2) is 7.51. The lowest BCUT2D eigenvalue weighted by Gasteiger charge is -2.35. The lowest BCUT2D eigenvalue weighted by molar-refractivity contribution is -0.132. The minimum Gasteiger partial charge on any atom is -0.444 e. The van der Waals surface area contributed by atoms with Crippen LogP contribution in [0.2, 0.25) is 0 Å². The Bertz CT molecular complexity index is 419. The number of carbonyl (C=O) groups excluding carboxylic acids is 2. The van der Waals surface area contributed by atoms with Gasteiger partial charge < -0.3 is 19.9 Å². The number of ether oxygens (including phenoxy) is 1. The quantitative estimate of drug-likeness (QED) is 0.862. The highest BCUT2D eigenvalue weighted by Crippen LogP contribution is 2.16. The molecule has 2 rings (SSSR count). The van der Waals surface area contributed by atoms with Gasteiger partial charge in [0, 0.05) is 32.2 Å². The first kappa shape index (κ1) is 18.0. The van der Waals surface area contributed by atoms with Crippen LogP contribution in [0.1, 0.15) is 53.4 Å². The first-order valence-corrected chi connectivity index (χ1v) is 8.79. The van der Waals surface area contributed by atoms with E-state index in [1.165, 1.54) is 0 Å². The van der Waals surface area contributed by atoms with Crippen LogP contribution >= 0.6 is 0 Å². The van der Waals surface area contributed by atoms with Gasteiger partial charge in [-0.25, -0.2) is 4.79 Å². The predicted octanol–water partition coefficient (Wildman–Crippen LogP) is 1.99. The maximum atomic E-state index is 12.3. The van der Waals surface area contributed by atoms with Crippen LogP contribution in [0.25, 0.3) is 0 Å². The Balaban J connectivity index is 1.73. The molecule has 23 heavy (non-hydrogen) atoms. The van der Waals surface area contributed by atoms with E-state index in [0.29, 0.717) is 13.1 Å². The fourth-order valence-corrected chi connectivity index (χ4v) is 3.19. The maximum Gasteiger partial charge on any atom is 0.410 e. The summed E-state index contributed by atoms with van der Waals surface area (Å²) >= 11 is 0. The average molecular weight is 325 g/mol. The van der Waals surface area contributed by atoms with E-state index in [1.807, 2.05) is 32.6 Å². The Labute approximate surface area is 139 Å². The molecular weight excluding hydrogens is 294 g/mol.